The van der Waals surface area contributed by atoms with Crippen molar-refractivity contribution in [2.75, 3.05) is 5.32 Å². The predicted molar refractivity (Wildman–Crippen MR) is 75.1 cm³/mol. The standard InChI is InChI=1S/C14H21N5/c1-3-13-10(2)17-18-14(13)15-9-12-7-8-16-19(12)11-5-4-6-11/h7-8,11H,3-6,9H2,1-2H3,(H2,15,17,18). The van der Waals surface area contributed by atoms with Crippen molar-refractivity contribution in [1.82, 2.24) is 20.0 Å². The topological polar surface area (TPSA) is 58.5 Å². The lowest BCUT2D eigenvalue weighted by molar-refractivity contribution is 0.283. The summed E-state index contributed by atoms with van der Waals surface area (Å²) in [7, 11) is 0. The molecule has 0 atom stereocenters. The highest BCUT2D eigenvalue weighted by Crippen LogP contribution is 2.31. The number of nitrogens with zero attached hydrogens (tertiary/aromatic N) is 3. The van der Waals surface area contributed by atoms with Crippen LogP contribution in [0.5, 0.6) is 0 Å². The highest BCUT2D eigenvalue weighted by atomic mass is 15.3. The fraction of sp³-hybridized carbons (Fsp3) is 0.571. The summed E-state index contributed by atoms with van der Waals surface area (Å²) in [5, 5.41) is 15.2. The third-order valence-electron chi connectivity index (χ3n) is 4.04. The van der Waals surface area contributed by atoms with Gasteiger partial charge in [-0.15, -0.1) is 0 Å². The van der Waals surface area contributed by atoms with Crippen molar-refractivity contribution < 1.29 is 0 Å². The maximum absolute atomic E-state index is 4.45. The summed E-state index contributed by atoms with van der Waals surface area (Å²) in [5.41, 5.74) is 3.67. The summed E-state index contributed by atoms with van der Waals surface area (Å²) in [6.45, 7) is 5.01. The van der Waals surface area contributed by atoms with Crippen molar-refractivity contribution in [3.8, 4) is 0 Å². The molecule has 0 aromatic carbocycles. The number of hydrogen-bond donors (Lipinski definition) is 2. The molecule has 0 unspecified atom stereocenters. The number of aromatic amines is 1. The van der Waals surface area contributed by atoms with Gasteiger partial charge in [-0.2, -0.15) is 10.2 Å². The largest absolute Gasteiger partial charge is 0.363 e. The fourth-order valence-electron chi connectivity index (χ4n) is 2.65. The Hall–Kier alpha value is -1.78. The Morgan fingerprint density at radius 1 is 1.47 bits per heavy atom. The Kier molecular flexibility index (Phi) is 3.27. The number of aromatic nitrogens is 4. The minimum atomic E-state index is 0.610. The second-order valence-corrected chi connectivity index (χ2v) is 5.23. The van der Waals surface area contributed by atoms with Gasteiger partial charge < -0.3 is 5.32 Å². The Bertz CT molecular complexity index is 550. The molecule has 1 aliphatic rings. The lowest BCUT2D eigenvalue weighted by Crippen LogP contribution is -2.21. The van der Waals surface area contributed by atoms with Crippen LogP contribution in [0.25, 0.3) is 0 Å². The first-order valence-corrected chi connectivity index (χ1v) is 7.09. The molecular weight excluding hydrogens is 238 g/mol. The Morgan fingerprint density at radius 2 is 2.32 bits per heavy atom. The van der Waals surface area contributed by atoms with E-state index >= 15 is 0 Å². The van der Waals surface area contributed by atoms with Gasteiger partial charge >= 0.3 is 0 Å². The molecule has 2 aromatic heterocycles. The Balaban J connectivity index is 1.70. The molecule has 0 aliphatic heterocycles. The molecule has 1 aliphatic carbocycles. The van der Waals surface area contributed by atoms with Crippen molar-refractivity contribution in [2.24, 2.45) is 0 Å². The molecule has 102 valence electrons. The Labute approximate surface area is 113 Å². The van der Waals surface area contributed by atoms with E-state index in [1.165, 1.54) is 30.5 Å². The molecule has 0 spiro atoms. The SMILES string of the molecule is CCc1c(NCc2ccnn2C2CCC2)n[nH]c1C. The number of nitrogens with one attached hydrogen (secondary N) is 2. The van der Waals surface area contributed by atoms with E-state index in [4.69, 9.17) is 0 Å². The maximum atomic E-state index is 4.45. The summed E-state index contributed by atoms with van der Waals surface area (Å²) in [6, 6.07) is 2.70. The van der Waals surface area contributed by atoms with Gasteiger partial charge in [-0.3, -0.25) is 9.78 Å². The molecule has 5 heteroatoms. The molecular formula is C14H21N5. The van der Waals surface area contributed by atoms with E-state index in [2.05, 4.69) is 45.2 Å². The van der Waals surface area contributed by atoms with E-state index in [1.54, 1.807) is 0 Å². The zero-order valence-electron chi connectivity index (χ0n) is 11.6. The monoisotopic (exact) mass is 259 g/mol. The lowest BCUT2D eigenvalue weighted by Gasteiger charge is -2.27. The van der Waals surface area contributed by atoms with Crippen LogP contribution in [0.15, 0.2) is 12.3 Å². The van der Waals surface area contributed by atoms with Gasteiger partial charge in [0.05, 0.1) is 18.3 Å². The molecule has 0 bridgehead atoms. The van der Waals surface area contributed by atoms with E-state index in [0.717, 1.165) is 24.5 Å². The molecule has 0 amide bonds. The Morgan fingerprint density at radius 3 is 3.00 bits per heavy atom. The predicted octanol–water partition coefficient (Wildman–Crippen LogP) is 2.81. The van der Waals surface area contributed by atoms with Gasteiger partial charge in [-0.05, 0) is 38.7 Å². The molecule has 3 rings (SSSR count). The molecule has 1 saturated carbocycles. The van der Waals surface area contributed by atoms with Crippen LogP contribution >= 0.6 is 0 Å². The van der Waals surface area contributed by atoms with E-state index < -0.39 is 0 Å². The van der Waals surface area contributed by atoms with Gasteiger partial charge in [-0.1, -0.05) is 6.92 Å². The molecule has 5 nitrogen and oxygen atoms in total. The number of H-pyrrole nitrogens is 1. The third-order valence-corrected chi connectivity index (χ3v) is 4.04. The zero-order valence-corrected chi connectivity index (χ0v) is 11.6. The highest BCUT2D eigenvalue weighted by molar-refractivity contribution is 5.46. The quantitative estimate of drug-likeness (QED) is 0.868. The second-order valence-electron chi connectivity index (χ2n) is 5.23. The normalized spacial score (nSPS) is 15.5. The molecule has 19 heavy (non-hydrogen) atoms. The minimum absolute atomic E-state index is 0.610. The average molecular weight is 259 g/mol. The smallest absolute Gasteiger partial charge is 0.151 e. The zero-order chi connectivity index (χ0) is 13.2. The van der Waals surface area contributed by atoms with Crippen LogP contribution in [0.1, 0.15) is 49.2 Å². The van der Waals surface area contributed by atoms with Crippen molar-refractivity contribution >= 4 is 5.82 Å². The lowest BCUT2D eigenvalue weighted by atomic mass is 9.93. The molecule has 2 heterocycles. The van der Waals surface area contributed by atoms with Crippen LogP contribution in [0.4, 0.5) is 5.82 Å². The van der Waals surface area contributed by atoms with Crippen molar-refractivity contribution in [2.45, 2.75) is 52.1 Å². The van der Waals surface area contributed by atoms with Gasteiger partial charge in [0.1, 0.15) is 0 Å². The van der Waals surface area contributed by atoms with Crippen molar-refractivity contribution in [3.63, 3.8) is 0 Å². The van der Waals surface area contributed by atoms with Gasteiger partial charge in [0, 0.05) is 17.5 Å². The first-order chi connectivity index (χ1) is 9.29. The van der Waals surface area contributed by atoms with Gasteiger partial charge in [-0.25, -0.2) is 0 Å². The van der Waals surface area contributed by atoms with Gasteiger partial charge in [0.25, 0.3) is 0 Å². The maximum Gasteiger partial charge on any atom is 0.151 e. The van der Waals surface area contributed by atoms with E-state index in [0.29, 0.717) is 6.04 Å². The summed E-state index contributed by atoms with van der Waals surface area (Å²) in [6.07, 6.45) is 6.74. The van der Waals surface area contributed by atoms with Crippen LogP contribution < -0.4 is 5.32 Å². The second kappa shape index (κ2) is 5.07. The number of hydrogen-bond acceptors (Lipinski definition) is 3. The molecule has 0 saturated heterocycles. The first-order valence-electron chi connectivity index (χ1n) is 7.09. The number of anilines is 1. The first kappa shape index (κ1) is 12.3. The fourth-order valence-corrected chi connectivity index (χ4v) is 2.65. The summed E-state index contributed by atoms with van der Waals surface area (Å²) >= 11 is 0. The van der Waals surface area contributed by atoms with E-state index in [1.807, 2.05) is 6.20 Å². The van der Waals surface area contributed by atoms with Crippen molar-refractivity contribution in [3.05, 3.63) is 29.2 Å². The van der Waals surface area contributed by atoms with Crippen molar-refractivity contribution in [1.29, 1.82) is 0 Å². The number of aryl methyl sites for hydroxylation is 1. The summed E-state index contributed by atoms with van der Waals surface area (Å²) < 4.78 is 2.17. The van der Waals surface area contributed by atoms with Gasteiger partial charge in [0.15, 0.2) is 5.82 Å². The molecule has 1 fully saturated rings. The minimum Gasteiger partial charge on any atom is -0.363 e. The van der Waals surface area contributed by atoms with Crippen LogP contribution in [0.3, 0.4) is 0 Å². The van der Waals surface area contributed by atoms with Crippen LogP contribution in [0.2, 0.25) is 0 Å². The summed E-state index contributed by atoms with van der Waals surface area (Å²) in [5.74, 6) is 0.973. The molecule has 0 radical (unpaired) electrons. The van der Waals surface area contributed by atoms with Crippen LogP contribution in [-0.4, -0.2) is 20.0 Å². The summed E-state index contributed by atoms with van der Waals surface area (Å²) in [4.78, 5) is 0. The number of rotatable bonds is 5. The third kappa shape index (κ3) is 2.25. The highest BCUT2D eigenvalue weighted by Gasteiger charge is 2.22. The van der Waals surface area contributed by atoms with Crippen LogP contribution in [-0.2, 0) is 13.0 Å². The van der Waals surface area contributed by atoms with E-state index in [9.17, 15) is 0 Å². The van der Waals surface area contributed by atoms with Crippen LogP contribution in [0, 0.1) is 6.92 Å². The van der Waals surface area contributed by atoms with E-state index in [-0.39, 0.29) is 0 Å². The van der Waals surface area contributed by atoms with Gasteiger partial charge in [0.2, 0.25) is 0 Å². The average Bonchev–Trinajstić information content (AvgIpc) is 2.91. The molecule has 2 N–H and O–H groups in total. The molecule has 2 aromatic rings.